The Morgan fingerprint density at radius 1 is 1.23 bits per heavy atom. The van der Waals surface area contributed by atoms with Crippen molar-refractivity contribution in [1.29, 1.82) is 0 Å². The molecule has 6 atom stereocenters. The highest BCUT2D eigenvalue weighted by Gasteiger charge is 2.54. The summed E-state index contributed by atoms with van der Waals surface area (Å²) in [6.07, 6.45) is 0.823. The summed E-state index contributed by atoms with van der Waals surface area (Å²) >= 11 is 10.1. The molecule has 5 rings (SSSR count). The molecule has 1 aromatic carbocycles. The fraction of sp³-hybridized carbons (Fsp3) is 0.381. The zero-order valence-electron chi connectivity index (χ0n) is 19.4. The van der Waals surface area contributed by atoms with Crippen molar-refractivity contribution >= 4 is 47.1 Å². The number of halogens is 4. The monoisotopic (exact) mass is 670 g/mol. The number of phosphoric acid groups is 1. The van der Waals surface area contributed by atoms with Crippen LogP contribution >= 0.6 is 47.1 Å². The second kappa shape index (κ2) is 11.7. The van der Waals surface area contributed by atoms with Crippen LogP contribution in [0.5, 0.6) is 0 Å². The topological polar surface area (TPSA) is 158 Å². The predicted molar refractivity (Wildman–Crippen MR) is 134 cm³/mol. The minimum atomic E-state index is -4.88. The third kappa shape index (κ3) is 6.52. The van der Waals surface area contributed by atoms with Crippen LogP contribution in [0.3, 0.4) is 0 Å². The van der Waals surface area contributed by atoms with E-state index in [1.165, 1.54) is 22.6 Å². The van der Waals surface area contributed by atoms with E-state index in [-0.39, 0.29) is 17.9 Å². The molecule has 0 spiro atoms. The highest BCUT2D eigenvalue weighted by molar-refractivity contribution is 9.10. The first-order chi connectivity index (χ1) is 18.5. The molecule has 0 bridgehead atoms. The Morgan fingerprint density at radius 2 is 1.97 bits per heavy atom. The van der Waals surface area contributed by atoms with Crippen LogP contribution < -0.4 is 0 Å². The summed E-state index contributed by atoms with van der Waals surface area (Å²) in [5, 5.41) is 18.0. The number of hydrogen-bond acceptors (Lipinski definition) is 10. The Balaban J connectivity index is 1.52. The molecule has 3 aromatic rings. The predicted octanol–water partition coefficient (Wildman–Crippen LogP) is 3.30. The first-order valence-electron chi connectivity index (χ1n) is 11.1. The van der Waals surface area contributed by atoms with E-state index in [1.807, 2.05) is 0 Å². The highest BCUT2D eigenvalue weighted by atomic mass is 79.9. The van der Waals surface area contributed by atoms with Gasteiger partial charge in [0.25, 0.3) is 0 Å². The van der Waals surface area contributed by atoms with Crippen LogP contribution in [-0.4, -0.2) is 78.1 Å². The number of fused-ring (bicyclic) bond motifs is 1. The van der Waals surface area contributed by atoms with Gasteiger partial charge in [-0.05, 0) is 34.1 Å². The Morgan fingerprint density at radius 3 is 2.67 bits per heavy atom. The number of thioether (sulfide) groups is 1. The highest BCUT2D eigenvalue weighted by Crippen LogP contribution is 2.45. The molecule has 2 saturated heterocycles. The third-order valence-corrected chi connectivity index (χ3v) is 8.25. The van der Waals surface area contributed by atoms with Crippen LogP contribution in [0.1, 0.15) is 6.04 Å². The van der Waals surface area contributed by atoms with E-state index < -0.39 is 67.2 Å². The van der Waals surface area contributed by atoms with Gasteiger partial charge in [0.2, 0.25) is 0 Å². The fourth-order valence-electron chi connectivity index (χ4n) is 4.26. The van der Waals surface area contributed by atoms with Crippen molar-refractivity contribution in [2.75, 3.05) is 13.4 Å². The fourth-order valence-corrected chi connectivity index (χ4v) is 6.23. The van der Waals surface area contributed by atoms with Crippen molar-refractivity contribution in [3.8, 4) is 11.3 Å². The lowest BCUT2D eigenvalue weighted by Crippen LogP contribution is -2.55. The first-order valence-corrected chi connectivity index (χ1v) is 14.7. The van der Waals surface area contributed by atoms with E-state index in [1.54, 1.807) is 18.5 Å². The average molecular weight is 672 g/mol. The molecule has 18 heteroatoms. The quantitative estimate of drug-likeness (QED) is 0.183. The molecule has 210 valence electrons. The van der Waals surface area contributed by atoms with Crippen molar-refractivity contribution in [2.45, 2.75) is 40.8 Å². The summed E-state index contributed by atoms with van der Waals surface area (Å²) in [6.45, 7) is -0.889. The Hall–Kier alpha value is -1.56. The van der Waals surface area contributed by atoms with Crippen molar-refractivity contribution < 1.29 is 47.0 Å². The van der Waals surface area contributed by atoms with Gasteiger partial charge >= 0.3 is 7.82 Å². The number of aromatic nitrogens is 4. The van der Waals surface area contributed by atoms with E-state index in [2.05, 4.69) is 35.7 Å². The molecule has 0 saturated carbocycles. The van der Waals surface area contributed by atoms with Crippen molar-refractivity contribution in [3.63, 3.8) is 0 Å². The molecule has 3 N–H and O–H groups in total. The van der Waals surface area contributed by atoms with E-state index in [4.69, 9.17) is 35.6 Å². The molecule has 4 unspecified atom stereocenters. The zero-order chi connectivity index (χ0) is 27.9. The van der Waals surface area contributed by atoms with Gasteiger partial charge < -0.3 is 29.1 Å². The van der Waals surface area contributed by atoms with Gasteiger partial charge in [0, 0.05) is 27.3 Å². The van der Waals surface area contributed by atoms with Gasteiger partial charge in [0.15, 0.2) is 6.79 Å². The number of benzene rings is 1. The number of ether oxygens (including phenoxy) is 3. The molecule has 2 fully saturated rings. The Kier molecular flexibility index (Phi) is 8.71. The number of rotatable bonds is 8. The number of aliphatic hydroxyl groups excluding tert-OH is 1. The first kappa shape index (κ1) is 29.0. The summed E-state index contributed by atoms with van der Waals surface area (Å²) in [5.41, 5.74) is -0.733. The smallest absolute Gasteiger partial charge is 0.388 e. The maximum Gasteiger partial charge on any atom is 0.471 e. The summed E-state index contributed by atoms with van der Waals surface area (Å²) in [6, 6.07) is 2.89. The van der Waals surface area contributed by atoms with Crippen molar-refractivity contribution in [2.24, 2.45) is 0 Å². The molecular weight excluding hydrogens is 653 g/mol. The second-order valence-electron chi connectivity index (χ2n) is 8.49. The molecule has 2 aliphatic rings. The molecule has 39 heavy (non-hydrogen) atoms. The SMILES string of the molecule is O=P(O)(O)OCOC1C(n2cc(-c3cc(F)c(Cl)c(F)c3)nn2)[C@H]2OCC(O)C2O[C@@H]1Sc1cncc(Br)c1. The van der Waals surface area contributed by atoms with E-state index in [9.17, 15) is 18.5 Å². The average Bonchev–Trinajstić information content (AvgIpc) is 3.49. The lowest BCUT2D eigenvalue weighted by Gasteiger charge is -2.43. The summed E-state index contributed by atoms with van der Waals surface area (Å²) in [4.78, 5) is 23.1. The van der Waals surface area contributed by atoms with Gasteiger partial charge in [-0.3, -0.25) is 9.51 Å². The minimum absolute atomic E-state index is 0.0603. The molecule has 4 heterocycles. The van der Waals surface area contributed by atoms with Crippen LogP contribution in [0.15, 0.2) is 46.2 Å². The van der Waals surface area contributed by atoms with Crippen LogP contribution in [0.4, 0.5) is 8.78 Å². The normalized spacial score (nSPS) is 27.1. The van der Waals surface area contributed by atoms with E-state index in [0.29, 0.717) is 9.37 Å². The molecule has 0 amide bonds. The molecule has 2 aromatic heterocycles. The summed E-state index contributed by atoms with van der Waals surface area (Å²) in [5.74, 6) is -1.96. The number of pyridine rings is 1. The van der Waals surface area contributed by atoms with Gasteiger partial charge in [-0.2, -0.15) is 0 Å². The number of aliphatic hydroxyl groups is 1. The lowest BCUT2D eigenvalue weighted by molar-refractivity contribution is -0.194. The second-order valence-corrected chi connectivity index (χ2v) is 12.2. The maximum atomic E-state index is 14.1. The van der Waals surface area contributed by atoms with Crippen LogP contribution in [0.2, 0.25) is 5.02 Å². The number of hydrogen-bond donors (Lipinski definition) is 3. The van der Waals surface area contributed by atoms with Gasteiger partial charge in [-0.15, -0.1) is 5.10 Å². The Labute approximate surface area is 236 Å². The van der Waals surface area contributed by atoms with E-state index in [0.717, 1.165) is 12.1 Å². The number of nitrogens with zero attached hydrogens (tertiary/aromatic N) is 4. The summed E-state index contributed by atoms with van der Waals surface area (Å²) < 4.78 is 63.7. The third-order valence-electron chi connectivity index (χ3n) is 5.90. The van der Waals surface area contributed by atoms with Gasteiger partial charge in [-0.1, -0.05) is 28.6 Å². The van der Waals surface area contributed by atoms with Crippen molar-refractivity contribution in [1.82, 2.24) is 20.0 Å². The van der Waals surface area contributed by atoms with Crippen molar-refractivity contribution in [3.05, 3.63) is 57.9 Å². The molecular formula is C21H19BrClF2N4O8PS. The molecule has 0 radical (unpaired) electrons. The van der Waals surface area contributed by atoms with Gasteiger partial charge in [-0.25, -0.2) is 18.0 Å². The number of phosphoric ester groups is 1. The standard InChI is InChI=1S/C21H19BrClF2N4O8PS/c22-10-3-11(5-26-4-10)39-21-20(35-8-36-38(31,32)33)17(19-18(37-21)15(30)7-34-19)29-6-14(27-28-29)9-1-12(24)16(23)13(25)2-9/h1-6,15,17-21,30H,7-8H2,(H2,31,32,33)/t15?,17?,18?,19-,20?,21-/m1/s1. The lowest BCUT2D eigenvalue weighted by atomic mass is 9.96. The van der Waals surface area contributed by atoms with Crippen LogP contribution in [-0.2, 0) is 23.3 Å². The maximum absolute atomic E-state index is 14.1. The molecule has 12 nitrogen and oxygen atoms in total. The minimum Gasteiger partial charge on any atom is -0.388 e. The molecule has 0 aliphatic carbocycles. The summed E-state index contributed by atoms with van der Waals surface area (Å²) in [7, 11) is -4.88. The van der Waals surface area contributed by atoms with Gasteiger partial charge in [0.05, 0.1) is 12.8 Å². The van der Waals surface area contributed by atoms with Gasteiger partial charge in [0.1, 0.15) is 58.2 Å². The van der Waals surface area contributed by atoms with Crippen LogP contribution in [0, 0.1) is 11.6 Å². The largest absolute Gasteiger partial charge is 0.471 e. The Bertz CT molecular complexity index is 1380. The van der Waals surface area contributed by atoms with E-state index >= 15 is 0 Å². The molecule has 2 aliphatic heterocycles. The zero-order valence-corrected chi connectivity index (χ0v) is 23.4. The van der Waals surface area contributed by atoms with Crippen LogP contribution in [0.25, 0.3) is 11.3 Å².